The summed E-state index contributed by atoms with van der Waals surface area (Å²) in [6.45, 7) is 3.72. The number of fused-ring (bicyclic) bond motifs is 1. The van der Waals surface area contributed by atoms with Gasteiger partial charge in [-0.25, -0.2) is 4.98 Å². The molecular formula is C27H20ClF3N4O2S. The Morgan fingerprint density at radius 2 is 1.92 bits per heavy atom. The molecule has 0 unspecified atom stereocenters. The van der Waals surface area contributed by atoms with Gasteiger partial charge in [0.15, 0.2) is 0 Å². The molecule has 194 valence electrons. The maximum Gasteiger partial charge on any atom is 0.421 e. The third-order valence-electron chi connectivity index (χ3n) is 6.10. The van der Waals surface area contributed by atoms with Gasteiger partial charge in [0.05, 0.1) is 23.3 Å². The monoisotopic (exact) mass is 556 g/mol. The fourth-order valence-electron chi connectivity index (χ4n) is 4.20. The first-order chi connectivity index (χ1) is 18.1. The van der Waals surface area contributed by atoms with Gasteiger partial charge in [-0.2, -0.15) is 13.2 Å². The lowest BCUT2D eigenvalue weighted by Gasteiger charge is -2.15. The van der Waals surface area contributed by atoms with Crippen molar-refractivity contribution in [2.45, 2.75) is 33.2 Å². The van der Waals surface area contributed by atoms with Crippen LogP contribution in [0.3, 0.4) is 0 Å². The number of alkyl halides is 3. The van der Waals surface area contributed by atoms with E-state index in [0.717, 1.165) is 38.4 Å². The van der Waals surface area contributed by atoms with Crippen LogP contribution in [-0.2, 0) is 19.3 Å². The van der Waals surface area contributed by atoms with E-state index in [9.17, 15) is 18.0 Å². The zero-order valence-corrected chi connectivity index (χ0v) is 21.8. The Bertz CT molecular complexity index is 1720. The number of rotatable bonds is 6. The van der Waals surface area contributed by atoms with E-state index in [1.54, 1.807) is 23.8 Å². The van der Waals surface area contributed by atoms with Crippen molar-refractivity contribution in [2.24, 2.45) is 0 Å². The van der Waals surface area contributed by atoms with Crippen molar-refractivity contribution in [2.75, 3.05) is 0 Å². The normalized spacial score (nSPS) is 11.7. The number of benzene rings is 1. The van der Waals surface area contributed by atoms with E-state index in [0.29, 0.717) is 27.0 Å². The maximum atomic E-state index is 13.2. The summed E-state index contributed by atoms with van der Waals surface area (Å²) in [4.78, 5) is 25.8. The summed E-state index contributed by atoms with van der Waals surface area (Å²) >= 11 is 7.71. The van der Waals surface area contributed by atoms with Crippen LogP contribution in [0.15, 0.2) is 65.2 Å². The Kier molecular flexibility index (Phi) is 6.93. The molecular weight excluding hydrogens is 537 g/mol. The molecule has 0 saturated heterocycles. The summed E-state index contributed by atoms with van der Waals surface area (Å²) in [6, 6.07) is 11.2. The highest BCUT2D eigenvalue weighted by molar-refractivity contribution is 7.14. The molecule has 0 aliphatic heterocycles. The smallest absolute Gasteiger partial charge is 0.421 e. The number of halogens is 4. The van der Waals surface area contributed by atoms with E-state index in [1.165, 1.54) is 23.6 Å². The van der Waals surface area contributed by atoms with Gasteiger partial charge in [-0.3, -0.25) is 14.8 Å². The average molecular weight is 557 g/mol. The quantitative estimate of drug-likeness (QED) is 0.229. The molecule has 0 fully saturated rings. The second-order valence-electron chi connectivity index (χ2n) is 8.66. The number of hydrogen-bond donors (Lipinski definition) is 0. The molecule has 0 aliphatic carbocycles. The molecule has 38 heavy (non-hydrogen) atoms. The second-order valence-corrected chi connectivity index (χ2v) is 10.1. The van der Waals surface area contributed by atoms with Crippen LogP contribution in [-0.4, -0.2) is 19.5 Å². The topological polar surface area (TPSA) is 69.9 Å². The van der Waals surface area contributed by atoms with Crippen LogP contribution in [0.4, 0.5) is 13.2 Å². The Morgan fingerprint density at radius 1 is 1.11 bits per heavy atom. The highest BCUT2D eigenvalue weighted by Crippen LogP contribution is 2.36. The van der Waals surface area contributed by atoms with Crippen molar-refractivity contribution in [3.8, 4) is 17.0 Å². The summed E-state index contributed by atoms with van der Waals surface area (Å²) in [6.07, 6.45) is -1.87. The number of aromatic nitrogens is 4. The molecule has 0 spiro atoms. The molecule has 0 atom stereocenters. The minimum absolute atomic E-state index is 0.0975. The third kappa shape index (κ3) is 5.14. The highest BCUT2D eigenvalue weighted by atomic mass is 35.5. The lowest BCUT2D eigenvalue weighted by Crippen LogP contribution is -2.29. The van der Waals surface area contributed by atoms with Crippen molar-refractivity contribution in [3.05, 3.63) is 103 Å². The standard InChI is InChI=1S/C27H20ClF3N4O2S/c1-15-7-8-32-23(12-35-9-3-4-21(26(35)36)27(29,30)31)20(15)13-37-17-5-6-22-18(11-17)19(10-16(2)34-22)24-25(28)38-14-33-24/h3-11,14H,12-13H2,1-2H3. The number of hydrogen-bond acceptors (Lipinski definition) is 6. The van der Waals surface area contributed by atoms with Gasteiger partial charge in [0, 0.05) is 34.6 Å². The first-order valence-electron chi connectivity index (χ1n) is 11.5. The number of aryl methyl sites for hydroxylation is 2. The van der Waals surface area contributed by atoms with Crippen molar-refractivity contribution < 1.29 is 17.9 Å². The Morgan fingerprint density at radius 3 is 2.66 bits per heavy atom. The zero-order chi connectivity index (χ0) is 27.0. The largest absolute Gasteiger partial charge is 0.489 e. The van der Waals surface area contributed by atoms with Gasteiger partial charge in [-0.05, 0) is 61.9 Å². The summed E-state index contributed by atoms with van der Waals surface area (Å²) in [5.41, 5.74) is 4.39. The molecule has 1 aromatic carbocycles. The summed E-state index contributed by atoms with van der Waals surface area (Å²) in [5.74, 6) is 0.557. The van der Waals surface area contributed by atoms with Crippen LogP contribution in [0.1, 0.15) is 28.1 Å². The van der Waals surface area contributed by atoms with E-state index in [4.69, 9.17) is 16.3 Å². The van der Waals surface area contributed by atoms with Crippen molar-refractivity contribution >= 4 is 33.8 Å². The molecule has 0 bridgehead atoms. The van der Waals surface area contributed by atoms with E-state index in [2.05, 4.69) is 15.0 Å². The molecule has 6 nitrogen and oxygen atoms in total. The number of thiazole rings is 1. The maximum absolute atomic E-state index is 13.2. The van der Waals surface area contributed by atoms with E-state index < -0.39 is 17.3 Å². The van der Waals surface area contributed by atoms with Crippen LogP contribution >= 0.6 is 22.9 Å². The average Bonchev–Trinajstić information content (AvgIpc) is 3.29. The van der Waals surface area contributed by atoms with E-state index in [1.807, 2.05) is 32.0 Å². The number of ether oxygens (including phenoxy) is 1. The van der Waals surface area contributed by atoms with Crippen LogP contribution in [0, 0.1) is 13.8 Å². The van der Waals surface area contributed by atoms with Gasteiger partial charge >= 0.3 is 6.18 Å². The minimum atomic E-state index is -4.74. The predicted molar refractivity (Wildman–Crippen MR) is 141 cm³/mol. The van der Waals surface area contributed by atoms with E-state index >= 15 is 0 Å². The summed E-state index contributed by atoms with van der Waals surface area (Å²) < 4.78 is 47.4. The minimum Gasteiger partial charge on any atom is -0.489 e. The molecule has 11 heteroatoms. The first kappa shape index (κ1) is 25.9. The van der Waals surface area contributed by atoms with Gasteiger partial charge in [0.2, 0.25) is 0 Å². The molecule has 4 aromatic heterocycles. The predicted octanol–water partition coefficient (Wildman–Crippen LogP) is 6.83. The molecule has 5 rings (SSSR count). The molecule has 0 N–H and O–H groups in total. The second kappa shape index (κ2) is 10.2. The van der Waals surface area contributed by atoms with Crippen molar-refractivity contribution in [1.82, 2.24) is 19.5 Å². The highest BCUT2D eigenvalue weighted by Gasteiger charge is 2.34. The van der Waals surface area contributed by atoms with Crippen LogP contribution in [0.5, 0.6) is 5.75 Å². The lowest BCUT2D eigenvalue weighted by atomic mass is 10.1. The zero-order valence-electron chi connectivity index (χ0n) is 20.2. The summed E-state index contributed by atoms with van der Waals surface area (Å²) in [7, 11) is 0. The molecule has 0 amide bonds. The van der Waals surface area contributed by atoms with Crippen LogP contribution < -0.4 is 10.3 Å². The molecule has 5 aromatic rings. The summed E-state index contributed by atoms with van der Waals surface area (Å²) in [5, 5.41) is 0.819. The molecule has 0 saturated carbocycles. The first-order valence-corrected chi connectivity index (χ1v) is 12.7. The van der Waals surface area contributed by atoms with Gasteiger partial charge < -0.3 is 9.30 Å². The number of pyridine rings is 3. The van der Waals surface area contributed by atoms with Gasteiger partial charge in [0.1, 0.15) is 28.0 Å². The Labute approximate surface area is 224 Å². The van der Waals surface area contributed by atoms with Gasteiger partial charge in [-0.1, -0.05) is 11.6 Å². The molecule has 0 aliphatic rings. The van der Waals surface area contributed by atoms with Gasteiger partial charge in [0.25, 0.3) is 5.56 Å². The fraction of sp³-hybridized carbons (Fsp3) is 0.185. The fourth-order valence-corrected chi connectivity index (χ4v) is 5.00. The molecule has 0 radical (unpaired) electrons. The third-order valence-corrected chi connectivity index (χ3v) is 7.15. The number of nitrogens with zero attached hydrogens (tertiary/aromatic N) is 4. The van der Waals surface area contributed by atoms with Crippen molar-refractivity contribution in [1.29, 1.82) is 0 Å². The SMILES string of the molecule is Cc1cc(-c2ncsc2Cl)c2cc(OCc3c(C)ccnc3Cn3cccc(C(F)(F)F)c3=O)ccc2n1. The van der Waals surface area contributed by atoms with Crippen LogP contribution in [0.25, 0.3) is 22.2 Å². The van der Waals surface area contributed by atoms with E-state index in [-0.39, 0.29) is 13.2 Å². The van der Waals surface area contributed by atoms with Crippen molar-refractivity contribution in [3.63, 3.8) is 0 Å². The van der Waals surface area contributed by atoms with Crippen LogP contribution in [0.2, 0.25) is 4.34 Å². The Balaban J connectivity index is 1.46. The molecule has 4 heterocycles. The Hall–Kier alpha value is -3.76. The van der Waals surface area contributed by atoms with Gasteiger partial charge in [-0.15, -0.1) is 11.3 Å². The lowest BCUT2D eigenvalue weighted by molar-refractivity contribution is -0.138.